The monoisotopic (exact) mass is 280 g/mol. The van der Waals surface area contributed by atoms with Crippen LogP contribution in [0.1, 0.15) is 90.9 Å². The van der Waals surface area contributed by atoms with Crippen LogP contribution < -0.4 is 0 Å². The van der Waals surface area contributed by atoms with Crippen molar-refractivity contribution < 1.29 is 13.2 Å². The van der Waals surface area contributed by atoms with Gasteiger partial charge in [-0.3, -0.25) is 0 Å². The Morgan fingerprint density at radius 1 is 0.632 bits per heavy atom. The molecule has 0 bridgehead atoms. The van der Waals surface area contributed by atoms with Crippen molar-refractivity contribution >= 4 is 0 Å². The average molecular weight is 280 g/mol. The summed E-state index contributed by atoms with van der Waals surface area (Å²) in [6.45, 7) is 4.23. The molecule has 1 unspecified atom stereocenters. The van der Waals surface area contributed by atoms with Gasteiger partial charge in [0.2, 0.25) is 0 Å². The number of hydrogen-bond acceptors (Lipinski definition) is 0. The lowest BCUT2D eigenvalue weighted by Crippen LogP contribution is -2.22. The topological polar surface area (TPSA) is 0 Å². The van der Waals surface area contributed by atoms with E-state index in [2.05, 4.69) is 13.8 Å². The summed E-state index contributed by atoms with van der Waals surface area (Å²) in [6, 6.07) is 0. The van der Waals surface area contributed by atoms with Gasteiger partial charge in [-0.25, -0.2) is 0 Å². The number of unbranched alkanes of at least 4 members (excludes halogenated alkanes) is 8. The first-order chi connectivity index (χ1) is 9.02. The minimum Gasteiger partial charge on any atom is -0.171 e. The maximum absolute atomic E-state index is 12.9. The molecule has 0 saturated heterocycles. The van der Waals surface area contributed by atoms with Gasteiger partial charge in [0.15, 0.2) is 0 Å². The predicted octanol–water partition coefficient (Wildman–Crippen LogP) is 6.89. The van der Waals surface area contributed by atoms with E-state index < -0.39 is 12.1 Å². The molecule has 0 nitrogen and oxygen atoms in total. The molecule has 1 atom stereocenters. The lowest BCUT2D eigenvalue weighted by molar-refractivity contribution is -0.178. The van der Waals surface area contributed by atoms with Crippen molar-refractivity contribution in [2.24, 2.45) is 5.92 Å². The van der Waals surface area contributed by atoms with Crippen LogP contribution >= 0.6 is 0 Å². The molecule has 0 aromatic carbocycles. The van der Waals surface area contributed by atoms with E-state index in [1.807, 2.05) is 0 Å². The summed E-state index contributed by atoms with van der Waals surface area (Å²) in [4.78, 5) is 0. The second-order valence-corrected chi connectivity index (χ2v) is 5.64. The summed E-state index contributed by atoms with van der Waals surface area (Å²) in [6.07, 6.45) is 6.84. The highest BCUT2D eigenvalue weighted by Gasteiger charge is 2.38. The Kier molecular flexibility index (Phi) is 11.5. The van der Waals surface area contributed by atoms with E-state index in [0.29, 0.717) is 12.8 Å². The molecule has 0 aliphatic rings. The van der Waals surface area contributed by atoms with E-state index in [4.69, 9.17) is 0 Å². The van der Waals surface area contributed by atoms with Crippen LogP contribution in [0.3, 0.4) is 0 Å². The fourth-order valence-electron chi connectivity index (χ4n) is 2.46. The molecule has 0 radical (unpaired) electrons. The molecule has 19 heavy (non-hydrogen) atoms. The SMILES string of the molecule is CCCCCCCCC(CCCCCC)C(F)(F)F. The van der Waals surface area contributed by atoms with Crippen LogP contribution in [0, 0.1) is 5.92 Å². The second kappa shape index (κ2) is 11.6. The Morgan fingerprint density at radius 3 is 1.42 bits per heavy atom. The largest absolute Gasteiger partial charge is 0.391 e. The van der Waals surface area contributed by atoms with Crippen molar-refractivity contribution in [1.29, 1.82) is 0 Å². The highest BCUT2D eigenvalue weighted by atomic mass is 19.4. The van der Waals surface area contributed by atoms with Gasteiger partial charge >= 0.3 is 6.18 Å². The normalized spacial score (nSPS) is 13.7. The first-order valence-electron chi connectivity index (χ1n) is 8.09. The van der Waals surface area contributed by atoms with Crippen LogP contribution in [-0.2, 0) is 0 Å². The van der Waals surface area contributed by atoms with Gasteiger partial charge < -0.3 is 0 Å². The minimum atomic E-state index is -3.99. The van der Waals surface area contributed by atoms with Gasteiger partial charge in [0, 0.05) is 0 Å². The van der Waals surface area contributed by atoms with Crippen LogP contribution in [0.5, 0.6) is 0 Å². The molecule has 0 aliphatic carbocycles. The predicted molar refractivity (Wildman–Crippen MR) is 76.3 cm³/mol. The molecule has 0 heterocycles. The van der Waals surface area contributed by atoms with E-state index >= 15 is 0 Å². The molecular weight excluding hydrogens is 249 g/mol. The number of halogens is 3. The lowest BCUT2D eigenvalue weighted by Gasteiger charge is -2.20. The standard InChI is InChI=1S/C16H31F3/c1-3-5-7-9-10-12-14-15(16(17,18)19)13-11-8-6-4-2/h15H,3-14H2,1-2H3. The van der Waals surface area contributed by atoms with Crippen molar-refractivity contribution in [1.82, 2.24) is 0 Å². The van der Waals surface area contributed by atoms with Crippen molar-refractivity contribution in [2.45, 2.75) is 97.1 Å². The van der Waals surface area contributed by atoms with E-state index in [9.17, 15) is 13.2 Å². The molecule has 0 N–H and O–H groups in total. The van der Waals surface area contributed by atoms with E-state index in [0.717, 1.165) is 44.9 Å². The molecule has 0 aromatic rings. The molecule has 0 fully saturated rings. The molecule has 0 saturated carbocycles. The highest BCUT2D eigenvalue weighted by molar-refractivity contribution is 4.68. The Morgan fingerprint density at radius 2 is 1.00 bits per heavy atom. The zero-order valence-corrected chi connectivity index (χ0v) is 12.7. The molecule has 0 aliphatic heterocycles. The Hall–Kier alpha value is -0.210. The van der Waals surface area contributed by atoms with Crippen LogP contribution in [0.4, 0.5) is 13.2 Å². The van der Waals surface area contributed by atoms with Crippen LogP contribution in [0.25, 0.3) is 0 Å². The highest BCUT2D eigenvalue weighted by Crippen LogP contribution is 2.34. The van der Waals surface area contributed by atoms with Gasteiger partial charge in [0.1, 0.15) is 0 Å². The summed E-state index contributed by atoms with van der Waals surface area (Å²) < 4.78 is 38.6. The fourth-order valence-corrected chi connectivity index (χ4v) is 2.46. The van der Waals surface area contributed by atoms with Crippen LogP contribution in [0.2, 0.25) is 0 Å². The maximum Gasteiger partial charge on any atom is 0.391 e. The van der Waals surface area contributed by atoms with Gasteiger partial charge in [0.25, 0.3) is 0 Å². The Balaban J connectivity index is 3.75. The van der Waals surface area contributed by atoms with Gasteiger partial charge in [-0.1, -0.05) is 78.1 Å². The van der Waals surface area contributed by atoms with Gasteiger partial charge in [0.05, 0.1) is 5.92 Å². The summed E-state index contributed by atoms with van der Waals surface area (Å²) in [5.41, 5.74) is 0. The Labute approximate surface area is 117 Å². The minimum absolute atomic E-state index is 0.332. The van der Waals surface area contributed by atoms with E-state index in [-0.39, 0.29) is 0 Å². The quantitative estimate of drug-likeness (QED) is 0.341. The van der Waals surface area contributed by atoms with Gasteiger partial charge in [-0.2, -0.15) is 13.2 Å². The zero-order valence-electron chi connectivity index (χ0n) is 12.7. The molecule has 116 valence electrons. The molecule has 0 rings (SSSR count). The molecule has 0 amide bonds. The number of hydrogen-bond donors (Lipinski definition) is 0. The van der Waals surface area contributed by atoms with Gasteiger partial charge in [-0.15, -0.1) is 0 Å². The third kappa shape index (κ3) is 11.3. The third-order valence-electron chi connectivity index (χ3n) is 3.78. The number of rotatable bonds is 12. The smallest absolute Gasteiger partial charge is 0.171 e. The van der Waals surface area contributed by atoms with Crippen molar-refractivity contribution in [2.75, 3.05) is 0 Å². The third-order valence-corrected chi connectivity index (χ3v) is 3.78. The van der Waals surface area contributed by atoms with Crippen molar-refractivity contribution in [3.8, 4) is 0 Å². The fraction of sp³-hybridized carbons (Fsp3) is 1.00. The first-order valence-corrected chi connectivity index (χ1v) is 8.09. The van der Waals surface area contributed by atoms with Crippen molar-refractivity contribution in [3.63, 3.8) is 0 Å². The summed E-state index contributed by atoms with van der Waals surface area (Å²) in [5, 5.41) is 0. The zero-order chi connectivity index (χ0) is 14.6. The van der Waals surface area contributed by atoms with Gasteiger partial charge in [-0.05, 0) is 12.8 Å². The lowest BCUT2D eigenvalue weighted by atomic mass is 9.94. The van der Waals surface area contributed by atoms with Crippen LogP contribution in [0.15, 0.2) is 0 Å². The number of alkyl halides is 3. The first kappa shape index (κ1) is 18.8. The Bertz CT molecular complexity index is 187. The van der Waals surface area contributed by atoms with E-state index in [1.165, 1.54) is 19.3 Å². The average Bonchev–Trinajstić information content (AvgIpc) is 2.34. The van der Waals surface area contributed by atoms with Crippen molar-refractivity contribution in [3.05, 3.63) is 0 Å². The second-order valence-electron chi connectivity index (χ2n) is 5.64. The molecule has 0 spiro atoms. The molecule has 0 aromatic heterocycles. The molecule has 3 heteroatoms. The summed E-state index contributed by atoms with van der Waals surface area (Å²) in [7, 11) is 0. The van der Waals surface area contributed by atoms with E-state index in [1.54, 1.807) is 0 Å². The maximum atomic E-state index is 12.9. The van der Waals surface area contributed by atoms with Crippen LogP contribution in [-0.4, -0.2) is 6.18 Å². The summed E-state index contributed by atoms with van der Waals surface area (Å²) >= 11 is 0. The molecular formula is C16H31F3. The summed E-state index contributed by atoms with van der Waals surface area (Å²) in [5.74, 6) is -1.06.